The van der Waals surface area contributed by atoms with Crippen LogP contribution in [-0.4, -0.2) is 42.6 Å². The molecule has 0 heterocycles. The second-order valence-electron chi connectivity index (χ2n) is 9.73. The molecule has 3 aromatic rings. The van der Waals surface area contributed by atoms with Gasteiger partial charge in [0, 0.05) is 36.7 Å². The summed E-state index contributed by atoms with van der Waals surface area (Å²) in [5.74, 6) is -1.30. The number of hydrogen-bond donors (Lipinski definition) is 3. The zero-order valence-corrected chi connectivity index (χ0v) is 22.6. The number of aliphatic hydroxyl groups excluding tert-OH is 1. The summed E-state index contributed by atoms with van der Waals surface area (Å²) in [6, 6.07) is 14.7. The van der Waals surface area contributed by atoms with E-state index in [2.05, 4.69) is 10.6 Å². The number of ketones is 1. The zero-order chi connectivity index (χ0) is 28.4. The number of unbranched alkanes of at least 4 members (excludes halogenated alkanes) is 1. The second kappa shape index (κ2) is 14.5. The third-order valence-corrected chi connectivity index (χ3v) is 6.39. The number of aryl methyl sites for hydroxylation is 1. The number of carbonyl (C=O) groups excluding carboxylic acids is 2. The normalized spacial score (nSPS) is 12.6. The van der Waals surface area contributed by atoms with Crippen LogP contribution < -0.4 is 15.4 Å². The lowest BCUT2D eigenvalue weighted by molar-refractivity contribution is 0.0829. The third kappa shape index (κ3) is 9.26. The van der Waals surface area contributed by atoms with Crippen LogP contribution in [0.15, 0.2) is 60.7 Å². The molecule has 39 heavy (non-hydrogen) atoms. The molecule has 0 radical (unpaired) electrons. The average molecular weight is 539 g/mol. The number of ether oxygens (including phenoxy) is 1. The SMILES string of the molecule is CCCCC(=O)c1cc(C)cc(C(=O)N[C@H](Cc2cc(F)cc(F)c2)[C@@H](O)CNCc2cccc(OC)c2)c1. The van der Waals surface area contributed by atoms with Gasteiger partial charge in [-0.05, 0) is 78.9 Å². The summed E-state index contributed by atoms with van der Waals surface area (Å²) >= 11 is 0. The fraction of sp³-hybridized carbons (Fsp3) is 0.355. The molecule has 0 aliphatic carbocycles. The summed E-state index contributed by atoms with van der Waals surface area (Å²) < 4.78 is 33.0. The predicted molar refractivity (Wildman–Crippen MR) is 147 cm³/mol. The highest BCUT2D eigenvalue weighted by Gasteiger charge is 2.24. The Labute approximate surface area is 228 Å². The van der Waals surface area contributed by atoms with Crippen molar-refractivity contribution in [3.8, 4) is 5.75 Å². The van der Waals surface area contributed by atoms with Gasteiger partial charge in [-0.2, -0.15) is 0 Å². The lowest BCUT2D eigenvalue weighted by Gasteiger charge is -2.25. The highest BCUT2D eigenvalue weighted by Crippen LogP contribution is 2.16. The molecule has 6 nitrogen and oxygen atoms in total. The monoisotopic (exact) mass is 538 g/mol. The lowest BCUT2D eigenvalue weighted by Crippen LogP contribution is -2.48. The van der Waals surface area contributed by atoms with Gasteiger partial charge in [-0.3, -0.25) is 9.59 Å². The summed E-state index contributed by atoms with van der Waals surface area (Å²) in [4.78, 5) is 25.9. The van der Waals surface area contributed by atoms with Crippen LogP contribution >= 0.6 is 0 Å². The maximum atomic E-state index is 13.9. The molecule has 208 valence electrons. The fourth-order valence-corrected chi connectivity index (χ4v) is 4.36. The van der Waals surface area contributed by atoms with E-state index in [0.29, 0.717) is 29.8 Å². The van der Waals surface area contributed by atoms with Crippen LogP contribution in [-0.2, 0) is 13.0 Å². The van der Waals surface area contributed by atoms with Crippen molar-refractivity contribution in [1.82, 2.24) is 10.6 Å². The van der Waals surface area contributed by atoms with Crippen molar-refractivity contribution in [2.24, 2.45) is 0 Å². The van der Waals surface area contributed by atoms with Gasteiger partial charge in [-0.1, -0.05) is 25.5 Å². The molecule has 0 aliphatic heterocycles. The molecule has 0 aliphatic rings. The second-order valence-corrected chi connectivity index (χ2v) is 9.73. The minimum absolute atomic E-state index is 0.00344. The first-order valence-corrected chi connectivity index (χ1v) is 13.1. The van der Waals surface area contributed by atoms with Gasteiger partial charge in [0.05, 0.1) is 19.3 Å². The summed E-state index contributed by atoms with van der Waals surface area (Å²) in [5.41, 5.74) is 2.73. The molecule has 0 fully saturated rings. The maximum absolute atomic E-state index is 13.9. The van der Waals surface area contributed by atoms with E-state index in [4.69, 9.17) is 4.74 Å². The number of carbonyl (C=O) groups is 2. The predicted octanol–water partition coefficient (Wildman–Crippen LogP) is 5.15. The zero-order valence-electron chi connectivity index (χ0n) is 22.6. The summed E-state index contributed by atoms with van der Waals surface area (Å²) in [6.45, 7) is 4.35. The van der Waals surface area contributed by atoms with Crippen LogP contribution in [0.4, 0.5) is 8.78 Å². The molecule has 2 atom stereocenters. The molecule has 0 saturated heterocycles. The number of methoxy groups -OCH3 is 1. The van der Waals surface area contributed by atoms with E-state index in [9.17, 15) is 23.5 Å². The Balaban J connectivity index is 1.77. The van der Waals surface area contributed by atoms with Crippen molar-refractivity contribution < 1.29 is 28.2 Å². The number of Topliss-reactive ketones (excluding diaryl/α,β-unsaturated/α-hetero) is 1. The Hall–Kier alpha value is -3.62. The first-order chi connectivity index (χ1) is 18.7. The molecule has 0 unspecified atom stereocenters. The van der Waals surface area contributed by atoms with Crippen molar-refractivity contribution in [3.63, 3.8) is 0 Å². The highest BCUT2D eigenvalue weighted by atomic mass is 19.1. The topological polar surface area (TPSA) is 87.7 Å². The van der Waals surface area contributed by atoms with E-state index in [-0.39, 0.29) is 24.3 Å². The Bertz CT molecular complexity index is 1260. The van der Waals surface area contributed by atoms with E-state index < -0.39 is 29.7 Å². The Morgan fingerprint density at radius 2 is 1.69 bits per heavy atom. The number of benzene rings is 3. The molecule has 0 saturated carbocycles. The Kier molecular flexibility index (Phi) is 11.1. The lowest BCUT2D eigenvalue weighted by atomic mass is 9.98. The van der Waals surface area contributed by atoms with E-state index in [0.717, 1.165) is 30.0 Å². The van der Waals surface area contributed by atoms with E-state index >= 15 is 0 Å². The van der Waals surface area contributed by atoms with Crippen LogP contribution in [0, 0.1) is 18.6 Å². The summed E-state index contributed by atoms with van der Waals surface area (Å²) in [7, 11) is 1.58. The fourth-order valence-electron chi connectivity index (χ4n) is 4.36. The van der Waals surface area contributed by atoms with Crippen molar-refractivity contribution >= 4 is 11.7 Å². The van der Waals surface area contributed by atoms with E-state index in [1.54, 1.807) is 32.2 Å². The standard InChI is InChI=1S/C31H36F2N2O4/c1-4-5-9-29(36)23-10-20(2)11-24(16-23)31(38)35-28(15-22-12-25(32)17-26(33)13-22)30(37)19-34-18-21-7-6-8-27(14-21)39-3/h6-8,10-14,16-17,28,30,34,37H,4-5,9,15,18-19H2,1-3H3,(H,35,38)/t28-,30+/m1/s1. The minimum atomic E-state index is -1.08. The molecule has 3 rings (SSSR count). The van der Waals surface area contributed by atoms with E-state index in [1.807, 2.05) is 31.2 Å². The Morgan fingerprint density at radius 1 is 0.974 bits per heavy atom. The largest absolute Gasteiger partial charge is 0.497 e. The van der Waals surface area contributed by atoms with Gasteiger partial charge >= 0.3 is 0 Å². The van der Waals surface area contributed by atoms with Crippen LogP contribution in [0.5, 0.6) is 5.75 Å². The molecular weight excluding hydrogens is 502 g/mol. The quantitative estimate of drug-likeness (QED) is 0.247. The molecule has 8 heteroatoms. The van der Waals surface area contributed by atoms with Gasteiger partial charge in [0.1, 0.15) is 17.4 Å². The van der Waals surface area contributed by atoms with Crippen LogP contribution in [0.25, 0.3) is 0 Å². The van der Waals surface area contributed by atoms with Gasteiger partial charge in [0.2, 0.25) is 0 Å². The smallest absolute Gasteiger partial charge is 0.251 e. The average Bonchev–Trinajstić information content (AvgIpc) is 2.90. The van der Waals surface area contributed by atoms with Gasteiger partial charge in [-0.25, -0.2) is 8.78 Å². The summed E-state index contributed by atoms with van der Waals surface area (Å²) in [6.07, 6.45) is 0.955. The molecule has 0 aromatic heterocycles. The van der Waals surface area contributed by atoms with Crippen LogP contribution in [0.3, 0.4) is 0 Å². The number of amides is 1. The highest BCUT2D eigenvalue weighted by molar-refractivity contribution is 6.01. The molecule has 1 amide bonds. The van der Waals surface area contributed by atoms with Crippen molar-refractivity contribution in [2.45, 2.75) is 58.2 Å². The first kappa shape index (κ1) is 29.9. The number of nitrogens with one attached hydrogen (secondary N) is 2. The number of hydrogen-bond acceptors (Lipinski definition) is 5. The van der Waals surface area contributed by atoms with Crippen LogP contribution in [0.1, 0.15) is 63.6 Å². The van der Waals surface area contributed by atoms with Crippen molar-refractivity contribution in [3.05, 3.63) is 100 Å². The number of halogens is 2. The number of rotatable bonds is 14. The van der Waals surface area contributed by atoms with Gasteiger partial charge in [-0.15, -0.1) is 0 Å². The van der Waals surface area contributed by atoms with Gasteiger partial charge in [0.25, 0.3) is 5.91 Å². The summed E-state index contributed by atoms with van der Waals surface area (Å²) in [5, 5.41) is 17.0. The number of aliphatic hydroxyl groups is 1. The van der Waals surface area contributed by atoms with Gasteiger partial charge in [0.15, 0.2) is 5.78 Å². The minimum Gasteiger partial charge on any atom is -0.497 e. The van der Waals surface area contributed by atoms with Crippen LogP contribution in [0.2, 0.25) is 0 Å². The van der Waals surface area contributed by atoms with Gasteiger partial charge < -0.3 is 20.5 Å². The van der Waals surface area contributed by atoms with Crippen molar-refractivity contribution in [2.75, 3.05) is 13.7 Å². The first-order valence-electron chi connectivity index (χ1n) is 13.1. The molecular formula is C31H36F2N2O4. The van der Waals surface area contributed by atoms with E-state index in [1.165, 1.54) is 12.1 Å². The molecule has 3 N–H and O–H groups in total. The molecule has 0 bridgehead atoms. The Morgan fingerprint density at radius 3 is 2.38 bits per heavy atom. The van der Waals surface area contributed by atoms with Crippen molar-refractivity contribution in [1.29, 1.82) is 0 Å². The third-order valence-electron chi connectivity index (χ3n) is 6.39. The molecule has 0 spiro atoms. The maximum Gasteiger partial charge on any atom is 0.251 e. The molecule has 3 aromatic carbocycles.